The Bertz CT molecular complexity index is 826. The van der Waals surface area contributed by atoms with Crippen LogP contribution in [0.5, 0.6) is 0 Å². The number of aromatic nitrogens is 2. The molecule has 7 nitrogen and oxygen atoms in total. The monoisotopic (exact) mass is 370 g/mol. The number of rotatable bonds is 4. The molecule has 2 aromatic heterocycles. The van der Waals surface area contributed by atoms with Gasteiger partial charge in [0, 0.05) is 38.1 Å². The highest BCUT2D eigenvalue weighted by Crippen LogP contribution is 2.41. The average molecular weight is 370 g/mol. The smallest absolute Gasteiger partial charge is 0.289 e. The zero-order chi connectivity index (χ0) is 19.0. The molecule has 0 bridgehead atoms. The van der Waals surface area contributed by atoms with Crippen LogP contribution >= 0.6 is 0 Å². The summed E-state index contributed by atoms with van der Waals surface area (Å²) in [6, 6.07) is 3.75. The number of hydrogen-bond acceptors (Lipinski definition) is 4. The summed E-state index contributed by atoms with van der Waals surface area (Å²) in [6.45, 7) is 6.57. The second-order valence-electron chi connectivity index (χ2n) is 7.95. The quantitative estimate of drug-likeness (QED) is 0.828. The van der Waals surface area contributed by atoms with Gasteiger partial charge in [-0.05, 0) is 45.2 Å². The first-order valence-corrected chi connectivity index (χ1v) is 9.63. The number of piperidine rings is 1. The van der Waals surface area contributed by atoms with Crippen LogP contribution in [-0.2, 0) is 11.3 Å². The molecule has 7 heteroatoms. The molecule has 1 spiro atoms. The molecule has 0 radical (unpaired) electrons. The summed E-state index contributed by atoms with van der Waals surface area (Å²) in [6.07, 6.45) is 7.88. The van der Waals surface area contributed by atoms with Crippen molar-refractivity contribution in [2.45, 2.75) is 45.7 Å². The molecule has 2 aliphatic heterocycles. The van der Waals surface area contributed by atoms with Crippen molar-refractivity contribution in [2.75, 3.05) is 19.6 Å². The van der Waals surface area contributed by atoms with Crippen LogP contribution in [0.4, 0.5) is 0 Å². The molecule has 1 atom stereocenters. The molecule has 144 valence electrons. The fraction of sp³-hybridized carbons (Fsp3) is 0.550. The maximum absolute atomic E-state index is 13.0. The van der Waals surface area contributed by atoms with Gasteiger partial charge in [-0.1, -0.05) is 0 Å². The number of hydrogen-bond donors (Lipinski definition) is 0. The van der Waals surface area contributed by atoms with Gasteiger partial charge in [0.05, 0.1) is 18.3 Å². The summed E-state index contributed by atoms with van der Waals surface area (Å²) in [5.41, 5.74) is -0.412. The number of nitrogens with zero attached hydrogens (tertiary/aromatic N) is 4. The number of likely N-dealkylation sites (tertiary alicyclic amines) is 2. The third kappa shape index (κ3) is 3.26. The van der Waals surface area contributed by atoms with E-state index in [-0.39, 0.29) is 17.9 Å². The van der Waals surface area contributed by atoms with Gasteiger partial charge in [0.15, 0.2) is 5.76 Å². The van der Waals surface area contributed by atoms with Crippen LogP contribution in [0.25, 0.3) is 0 Å². The molecule has 0 saturated carbocycles. The van der Waals surface area contributed by atoms with Crippen molar-refractivity contribution in [1.29, 1.82) is 0 Å². The van der Waals surface area contributed by atoms with Crippen LogP contribution in [0, 0.1) is 5.41 Å². The molecule has 2 aromatic rings. The van der Waals surface area contributed by atoms with Crippen LogP contribution in [0.15, 0.2) is 35.3 Å². The van der Waals surface area contributed by atoms with Gasteiger partial charge >= 0.3 is 0 Å². The van der Waals surface area contributed by atoms with Crippen molar-refractivity contribution in [2.24, 2.45) is 5.41 Å². The van der Waals surface area contributed by atoms with E-state index in [1.807, 2.05) is 21.7 Å². The van der Waals surface area contributed by atoms with Crippen molar-refractivity contribution in [1.82, 2.24) is 19.4 Å². The van der Waals surface area contributed by atoms with Crippen molar-refractivity contribution in [3.8, 4) is 0 Å². The van der Waals surface area contributed by atoms with Crippen molar-refractivity contribution in [3.63, 3.8) is 0 Å². The van der Waals surface area contributed by atoms with E-state index in [4.69, 9.17) is 4.42 Å². The van der Waals surface area contributed by atoms with Gasteiger partial charge in [0.25, 0.3) is 5.91 Å². The Balaban J connectivity index is 1.45. The normalized spacial score (nSPS) is 23.0. The predicted molar refractivity (Wildman–Crippen MR) is 99.1 cm³/mol. The van der Waals surface area contributed by atoms with E-state index in [2.05, 4.69) is 18.8 Å². The third-order valence-corrected chi connectivity index (χ3v) is 5.80. The molecule has 1 unspecified atom stereocenters. The van der Waals surface area contributed by atoms with Crippen molar-refractivity contribution in [3.05, 3.63) is 42.4 Å². The lowest BCUT2D eigenvalue weighted by Gasteiger charge is -2.41. The standard InChI is InChI=1S/C20H26N4O3/c1-15(2)24-9-3-6-20(19(24)26)7-10-23(13-20)18(25)17-5-4-16(27-17)12-22-11-8-21-14-22/h4-5,8,11,14-15H,3,6-7,9-10,12-13H2,1-2H3. The van der Waals surface area contributed by atoms with Gasteiger partial charge in [-0.25, -0.2) is 4.98 Å². The minimum atomic E-state index is -0.412. The lowest BCUT2D eigenvalue weighted by atomic mass is 9.78. The number of carbonyl (C=O) groups excluding carboxylic acids is 2. The first-order chi connectivity index (χ1) is 13.0. The molecule has 2 saturated heterocycles. The van der Waals surface area contributed by atoms with Crippen LogP contribution in [-0.4, -0.2) is 56.8 Å². The number of carbonyl (C=O) groups is 2. The topological polar surface area (TPSA) is 71.6 Å². The summed E-state index contributed by atoms with van der Waals surface area (Å²) in [7, 11) is 0. The van der Waals surface area contributed by atoms with Gasteiger partial charge in [-0.15, -0.1) is 0 Å². The molecular formula is C20H26N4O3. The van der Waals surface area contributed by atoms with Crippen LogP contribution in [0.3, 0.4) is 0 Å². The fourth-order valence-electron chi connectivity index (χ4n) is 4.31. The van der Waals surface area contributed by atoms with Gasteiger partial charge in [0.1, 0.15) is 5.76 Å². The van der Waals surface area contributed by atoms with Crippen LogP contribution < -0.4 is 0 Å². The molecule has 0 aliphatic carbocycles. The van der Waals surface area contributed by atoms with E-state index in [0.29, 0.717) is 31.2 Å². The molecule has 0 N–H and O–H groups in total. The zero-order valence-corrected chi connectivity index (χ0v) is 15.9. The van der Waals surface area contributed by atoms with E-state index in [9.17, 15) is 9.59 Å². The first kappa shape index (κ1) is 17.8. The van der Waals surface area contributed by atoms with Gasteiger partial charge in [0.2, 0.25) is 5.91 Å². The Hall–Kier alpha value is -2.57. The minimum absolute atomic E-state index is 0.127. The molecule has 2 amide bonds. The lowest BCUT2D eigenvalue weighted by molar-refractivity contribution is -0.147. The van der Waals surface area contributed by atoms with Gasteiger partial charge in [-0.3, -0.25) is 9.59 Å². The molecular weight excluding hydrogens is 344 g/mol. The minimum Gasteiger partial charge on any atom is -0.454 e. The molecule has 4 rings (SSSR count). The van der Waals surface area contributed by atoms with E-state index in [1.54, 1.807) is 23.5 Å². The van der Waals surface area contributed by atoms with Crippen LogP contribution in [0.1, 0.15) is 49.4 Å². The summed E-state index contributed by atoms with van der Waals surface area (Å²) in [5.74, 6) is 1.13. The highest BCUT2D eigenvalue weighted by Gasteiger charge is 2.50. The largest absolute Gasteiger partial charge is 0.454 e. The fourth-order valence-corrected chi connectivity index (χ4v) is 4.31. The summed E-state index contributed by atoms with van der Waals surface area (Å²) in [4.78, 5) is 33.7. The molecule has 0 aromatic carbocycles. The highest BCUT2D eigenvalue weighted by molar-refractivity contribution is 5.93. The molecule has 2 fully saturated rings. The zero-order valence-electron chi connectivity index (χ0n) is 15.9. The van der Waals surface area contributed by atoms with Crippen LogP contribution in [0.2, 0.25) is 0 Å². The Labute approximate surface area is 158 Å². The summed E-state index contributed by atoms with van der Waals surface area (Å²) >= 11 is 0. The summed E-state index contributed by atoms with van der Waals surface area (Å²) in [5, 5.41) is 0. The molecule has 2 aliphatic rings. The van der Waals surface area contributed by atoms with E-state index in [1.165, 1.54) is 0 Å². The third-order valence-electron chi connectivity index (χ3n) is 5.80. The average Bonchev–Trinajstić information content (AvgIpc) is 3.39. The number of imidazole rings is 1. The maximum Gasteiger partial charge on any atom is 0.289 e. The maximum atomic E-state index is 13.0. The first-order valence-electron chi connectivity index (χ1n) is 9.63. The van der Waals surface area contributed by atoms with E-state index >= 15 is 0 Å². The van der Waals surface area contributed by atoms with Crippen molar-refractivity contribution < 1.29 is 14.0 Å². The second-order valence-corrected chi connectivity index (χ2v) is 7.95. The second kappa shape index (κ2) is 6.87. The SMILES string of the molecule is CC(C)N1CCCC2(CCN(C(=O)c3ccc(Cn4ccnc4)o3)C2)C1=O. The predicted octanol–water partition coefficient (Wildman–Crippen LogP) is 2.39. The van der Waals surface area contributed by atoms with Crippen molar-refractivity contribution >= 4 is 11.8 Å². The van der Waals surface area contributed by atoms with E-state index < -0.39 is 5.41 Å². The summed E-state index contributed by atoms with van der Waals surface area (Å²) < 4.78 is 7.65. The number of furan rings is 1. The Morgan fingerprint density at radius 2 is 2.15 bits per heavy atom. The Morgan fingerprint density at radius 1 is 1.30 bits per heavy atom. The number of amides is 2. The molecule has 4 heterocycles. The van der Waals surface area contributed by atoms with Gasteiger partial charge < -0.3 is 18.8 Å². The Morgan fingerprint density at radius 3 is 2.89 bits per heavy atom. The van der Waals surface area contributed by atoms with Gasteiger partial charge in [-0.2, -0.15) is 0 Å². The lowest BCUT2D eigenvalue weighted by Crippen LogP contribution is -2.52. The van der Waals surface area contributed by atoms with E-state index in [0.717, 1.165) is 25.8 Å². The molecule has 27 heavy (non-hydrogen) atoms. The highest BCUT2D eigenvalue weighted by atomic mass is 16.4. The Kier molecular flexibility index (Phi) is 4.53.